The van der Waals surface area contributed by atoms with Gasteiger partial charge in [-0.3, -0.25) is 9.59 Å². The molecule has 0 unspecified atom stereocenters. The topological polar surface area (TPSA) is 48.3 Å². The Kier molecular flexibility index (Phi) is 2.13. The average molecular weight is 241 g/mol. The third kappa shape index (κ3) is 1.20. The van der Waals surface area contributed by atoms with Crippen LogP contribution in [-0.2, 0) is 7.05 Å². The lowest BCUT2D eigenvalue weighted by Gasteiger charge is -2.15. The van der Waals surface area contributed by atoms with Crippen LogP contribution in [0.15, 0.2) is 30.3 Å². The maximum Gasteiger partial charge on any atom is 0.210 e. The molecule has 0 bridgehead atoms. The van der Waals surface area contributed by atoms with Gasteiger partial charge in [0.15, 0.2) is 11.7 Å². The summed E-state index contributed by atoms with van der Waals surface area (Å²) in [6.45, 7) is 0. The van der Waals surface area contributed by atoms with E-state index in [1.54, 1.807) is 41.9 Å². The van der Waals surface area contributed by atoms with E-state index in [9.17, 15) is 9.59 Å². The van der Waals surface area contributed by atoms with Crippen molar-refractivity contribution in [2.75, 3.05) is 7.11 Å². The van der Waals surface area contributed by atoms with Gasteiger partial charge in [0.2, 0.25) is 5.78 Å². The molecule has 2 aromatic rings. The molecule has 0 aliphatic heterocycles. The fraction of sp³-hybridized carbons (Fsp3) is 0.143. The molecule has 0 spiro atoms. The number of ketones is 2. The molecule has 0 amide bonds. The van der Waals surface area contributed by atoms with Gasteiger partial charge in [0.05, 0.1) is 12.7 Å². The minimum Gasteiger partial charge on any atom is -0.482 e. The van der Waals surface area contributed by atoms with Gasteiger partial charge in [-0.15, -0.1) is 0 Å². The van der Waals surface area contributed by atoms with Crippen LogP contribution >= 0.6 is 0 Å². The van der Waals surface area contributed by atoms with Gasteiger partial charge in [0.1, 0.15) is 5.69 Å². The molecule has 4 heteroatoms. The van der Waals surface area contributed by atoms with Crippen LogP contribution in [0.5, 0.6) is 5.88 Å². The highest BCUT2D eigenvalue weighted by molar-refractivity contribution is 6.28. The first-order valence-electron chi connectivity index (χ1n) is 5.57. The van der Waals surface area contributed by atoms with Crippen LogP contribution < -0.4 is 4.74 Å². The number of nitrogens with zero attached hydrogens (tertiary/aromatic N) is 1. The third-order valence-electron chi connectivity index (χ3n) is 3.27. The van der Waals surface area contributed by atoms with Gasteiger partial charge < -0.3 is 9.30 Å². The highest BCUT2D eigenvalue weighted by Gasteiger charge is 2.33. The Morgan fingerprint density at radius 2 is 1.61 bits per heavy atom. The molecule has 90 valence electrons. The van der Waals surface area contributed by atoms with Gasteiger partial charge in [-0.2, -0.15) is 0 Å². The molecule has 0 saturated carbocycles. The molecule has 4 nitrogen and oxygen atoms in total. The minimum atomic E-state index is -0.133. The zero-order chi connectivity index (χ0) is 12.9. The summed E-state index contributed by atoms with van der Waals surface area (Å²) in [7, 11) is 3.24. The van der Waals surface area contributed by atoms with Crippen LogP contribution in [0.3, 0.4) is 0 Å². The SMILES string of the molecule is COc1cc2c(n1C)C(=O)c1ccccc1C2=O. The number of hydrogen-bond donors (Lipinski definition) is 0. The lowest BCUT2D eigenvalue weighted by Crippen LogP contribution is -2.21. The van der Waals surface area contributed by atoms with E-state index in [1.165, 1.54) is 7.11 Å². The summed E-state index contributed by atoms with van der Waals surface area (Å²) in [4.78, 5) is 24.7. The van der Waals surface area contributed by atoms with Crippen LogP contribution in [0.2, 0.25) is 0 Å². The third-order valence-corrected chi connectivity index (χ3v) is 3.27. The number of ether oxygens (including phenoxy) is 1. The molecular formula is C14H11NO3. The van der Waals surface area contributed by atoms with Crippen molar-refractivity contribution in [2.24, 2.45) is 7.05 Å². The summed E-state index contributed by atoms with van der Waals surface area (Å²) < 4.78 is 6.77. The number of methoxy groups -OCH3 is 1. The summed E-state index contributed by atoms with van der Waals surface area (Å²) in [6, 6.07) is 8.49. The zero-order valence-electron chi connectivity index (χ0n) is 10.1. The van der Waals surface area contributed by atoms with Crippen LogP contribution in [0, 0.1) is 0 Å². The van der Waals surface area contributed by atoms with E-state index in [-0.39, 0.29) is 11.6 Å². The molecule has 18 heavy (non-hydrogen) atoms. The quantitative estimate of drug-likeness (QED) is 0.652. The molecule has 1 aromatic heterocycles. The minimum absolute atomic E-state index is 0.126. The fourth-order valence-corrected chi connectivity index (χ4v) is 2.37. The highest BCUT2D eigenvalue weighted by Crippen LogP contribution is 2.31. The van der Waals surface area contributed by atoms with Crippen molar-refractivity contribution in [1.29, 1.82) is 0 Å². The Bertz CT molecular complexity index is 682. The van der Waals surface area contributed by atoms with E-state index in [1.807, 2.05) is 0 Å². The number of rotatable bonds is 1. The normalized spacial score (nSPS) is 13.2. The molecular weight excluding hydrogens is 230 g/mol. The summed E-state index contributed by atoms with van der Waals surface area (Å²) in [5, 5.41) is 0. The molecule has 3 rings (SSSR count). The maximum atomic E-state index is 12.4. The van der Waals surface area contributed by atoms with Crippen molar-refractivity contribution in [3.05, 3.63) is 52.7 Å². The van der Waals surface area contributed by atoms with Gasteiger partial charge in [0.25, 0.3) is 0 Å². The number of carbonyl (C=O) groups excluding carboxylic acids is 2. The Morgan fingerprint density at radius 1 is 1.00 bits per heavy atom. The van der Waals surface area contributed by atoms with Crippen molar-refractivity contribution in [2.45, 2.75) is 0 Å². The van der Waals surface area contributed by atoms with Gasteiger partial charge >= 0.3 is 0 Å². The second kappa shape index (κ2) is 3.57. The molecule has 1 aromatic carbocycles. The van der Waals surface area contributed by atoms with E-state index >= 15 is 0 Å². The first-order chi connectivity index (χ1) is 8.65. The van der Waals surface area contributed by atoms with Crippen molar-refractivity contribution >= 4 is 11.6 Å². The van der Waals surface area contributed by atoms with Gasteiger partial charge in [-0.25, -0.2) is 0 Å². The molecule has 0 radical (unpaired) electrons. The monoisotopic (exact) mass is 241 g/mol. The van der Waals surface area contributed by atoms with E-state index in [4.69, 9.17) is 4.74 Å². The van der Waals surface area contributed by atoms with Crippen molar-refractivity contribution in [3.63, 3.8) is 0 Å². The first-order valence-corrected chi connectivity index (χ1v) is 5.57. The lowest BCUT2D eigenvalue weighted by atomic mass is 9.88. The van der Waals surface area contributed by atoms with E-state index < -0.39 is 0 Å². The number of hydrogen-bond acceptors (Lipinski definition) is 3. The number of aromatic nitrogens is 1. The van der Waals surface area contributed by atoms with Crippen LogP contribution in [0.4, 0.5) is 0 Å². The standard InChI is InChI=1S/C14H11NO3/c1-15-11(18-2)7-10-12(15)14(17)9-6-4-3-5-8(9)13(10)16/h3-7H,1-2H3. The second-order valence-electron chi connectivity index (χ2n) is 4.21. The van der Waals surface area contributed by atoms with Crippen LogP contribution in [-0.4, -0.2) is 23.2 Å². The van der Waals surface area contributed by atoms with Gasteiger partial charge in [-0.1, -0.05) is 24.3 Å². The predicted octanol–water partition coefficient (Wildman–Crippen LogP) is 1.81. The van der Waals surface area contributed by atoms with Crippen LogP contribution in [0.1, 0.15) is 32.0 Å². The van der Waals surface area contributed by atoms with E-state index in [2.05, 4.69) is 0 Å². The summed E-state index contributed by atoms with van der Waals surface area (Å²) in [6.07, 6.45) is 0. The van der Waals surface area contributed by atoms with Crippen molar-refractivity contribution < 1.29 is 14.3 Å². The van der Waals surface area contributed by atoms with E-state index in [0.29, 0.717) is 28.3 Å². The Balaban J connectivity index is 2.32. The molecule has 0 N–H and O–H groups in total. The van der Waals surface area contributed by atoms with Gasteiger partial charge in [0, 0.05) is 24.2 Å². The lowest BCUT2D eigenvalue weighted by molar-refractivity contribution is 0.0974. The Labute approximate surface area is 104 Å². The fourth-order valence-electron chi connectivity index (χ4n) is 2.37. The molecule has 1 heterocycles. The molecule has 1 aliphatic rings. The average Bonchev–Trinajstić information content (AvgIpc) is 2.73. The summed E-state index contributed by atoms with van der Waals surface area (Å²) >= 11 is 0. The number of carbonyl (C=O) groups is 2. The molecule has 0 atom stereocenters. The van der Waals surface area contributed by atoms with Crippen molar-refractivity contribution in [3.8, 4) is 5.88 Å². The van der Waals surface area contributed by atoms with Gasteiger partial charge in [-0.05, 0) is 0 Å². The maximum absolute atomic E-state index is 12.4. The van der Waals surface area contributed by atoms with E-state index in [0.717, 1.165) is 0 Å². The highest BCUT2D eigenvalue weighted by atomic mass is 16.5. The summed E-state index contributed by atoms with van der Waals surface area (Å²) in [5.74, 6) is 0.250. The Hall–Kier alpha value is -2.36. The number of fused-ring (bicyclic) bond motifs is 2. The zero-order valence-corrected chi connectivity index (χ0v) is 10.1. The van der Waals surface area contributed by atoms with Crippen LogP contribution in [0.25, 0.3) is 0 Å². The first kappa shape index (κ1) is 10.8. The molecule has 0 saturated heterocycles. The molecule has 1 aliphatic carbocycles. The van der Waals surface area contributed by atoms with Crippen molar-refractivity contribution in [1.82, 2.24) is 4.57 Å². The smallest absolute Gasteiger partial charge is 0.210 e. The second-order valence-corrected chi connectivity index (χ2v) is 4.21. The largest absolute Gasteiger partial charge is 0.482 e. The number of benzene rings is 1. The molecule has 0 fully saturated rings. The summed E-state index contributed by atoms with van der Waals surface area (Å²) in [5.41, 5.74) is 1.73. The predicted molar refractivity (Wildman–Crippen MR) is 65.3 cm³/mol. The Morgan fingerprint density at radius 3 is 2.22 bits per heavy atom.